The van der Waals surface area contributed by atoms with E-state index in [0.29, 0.717) is 67.5 Å². The summed E-state index contributed by atoms with van der Waals surface area (Å²) in [4.78, 5) is 8.68. The van der Waals surface area contributed by atoms with E-state index in [1.807, 2.05) is 29.3 Å². The molecule has 0 unspecified atom stereocenters. The van der Waals surface area contributed by atoms with Crippen LogP contribution in [0.3, 0.4) is 0 Å². The molecule has 2 atom stereocenters. The number of hydrogen-bond donors (Lipinski definition) is 1. The average molecular weight is 711 g/mol. The highest BCUT2D eigenvalue weighted by Crippen LogP contribution is 2.40. The Morgan fingerprint density at radius 1 is 1.04 bits per heavy atom. The number of β-amino-alcohol motifs (C(OH)–C–C–N with tert-alkyl or cyclic N) is 1. The molecule has 48 heavy (non-hydrogen) atoms. The highest BCUT2D eigenvalue weighted by Gasteiger charge is 2.35. The summed E-state index contributed by atoms with van der Waals surface area (Å²) in [6.07, 6.45) is -0.598. The lowest BCUT2D eigenvalue weighted by Crippen LogP contribution is -2.40. The Hall–Kier alpha value is -2.56. The lowest BCUT2D eigenvalue weighted by atomic mass is 9.93. The quantitative estimate of drug-likeness (QED) is 0.227. The van der Waals surface area contributed by atoms with Gasteiger partial charge in [-0.25, -0.2) is 12.8 Å². The molecule has 15 heteroatoms. The molecule has 2 saturated heterocycles. The lowest BCUT2D eigenvalue weighted by Gasteiger charge is -2.33. The summed E-state index contributed by atoms with van der Waals surface area (Å²) < 4.78 is 83.9. The number of piperidine rings is 1. The van der Waals surface area contributed by atoms with Crippen molar-refractivity contribution in [2.45, 2.75) is 68.0 Å². The van der Waals surface area contributed by atoms with E-state index in [4.69, 9.17) is 5.10 Å². The molecule has 0 radical (unpaired) electrons. The highest BCUT2D eigenvalue weighted by molar-refractivity contribution is 7.99. The van der Waals surface area contributed by atoms with Crippen molar-refractivity contribution in [3.63, 3.8) is 0 Å². The molecule has 0 spiro atoms. The monoisotopic (exact) mass is 710 g/mol. The maximum absolute atomic E-state index is 14.1. The summed E-state index contributed by atoms with van der Waals surface area (Å²) in [5.74, 6) is 0.742. The number of fused-ring (bicyclic) bond motifs is 1. The van der Waals surface area contributed by atoms with E-state index in [9.17, 15) is 31.1 Å². The minimum absolute atomic E-state index is 0.0451. The van der Waals surface area contributed by atoms with E-state index in [1.165, 1.54) is 16.4 Å². The molecule has 3 aromatic rings. The lowest BCUT2D eigenvalue weighted by molar-refractivity contribution is -0.139. The number of hydrogen-bond acceptors (Lipinski definition) is 8. The number of thioether (sulfide) groups is 1. The third kappa shape index (κ3) is 8.41. The highest BCUT2D eigenvalue weighted by atomic mass is 32.2. The first-order valence-electron chi connectivity index (χ1n) is 16.4. The fourth-order valence-electron chi connectivity index (χ4n) is 7.01. The molecule has 3 aliphatic heterocycles. The molecule has 0 amide bonds. The van der Waals surface area contributed by atoms with Crippen molar-refractivity contribution < 1.29 is 31.1 Å². The molecule has 1 N–H and O–H groups in total. The fourth-order valence-corrected chi connectivity index (χ4v) is 8.92. The minimum atomic E-state index is -4.57. The number of halogens is 4. The molecule has 0 bridgehead atoms. The van der Waals surface area contributed by atoms with Gasteiger partial charge in [0.05, 0.1) is 30.2 Å². The molecule has 9 nitrogen and oxygen atoms in total. The second-order valence-corrected chi connectivity index (χ2v) is 16.1. The van der Waals surface area contributed by atoms with Gasteiger partial charge in [0.15, 0.2) is 0 Å². The Balaban J connectivity index is 1.21. The van der Waals surface area contributed by atoms with Gasteiger partial charge >= 0.3 is 6.18 Å². The van der Waals surface area contributed by atoms with Gasteiger partial charge in [-0.3, -0.25) is 14.6 Å². The van der Waals surface area contributed by atoms with Crippen LogP contribution in [0, 0.1) is 0 Å². The fraction of sp³-hybridized carbons (Fsp3) is 0.576. The van der Waals surface area contributed by atoms with Crippen LogP contribution in [0.5, 0.6) is 0 Å². The average Bonchev–Trinajstić information content (AvgIpc) is 3.63. The first-order chi connectivity index (χ1) is 22.8. The molecule has 2 aromatic heterocycles. The number of sulfonamides is 1. The number of nitrogens with zero attached hydrogens (tertiary/aromatic N) is 6. The van der Waals surface area contributed by atoms with E-state index in [-0.39, 0.29) is 24.5 Å². The van der Waals surface area contributed by atoms with Crippen LogP contribution in [0.1, 0.15) is 47.7 Å². The number of alkyl halides is 4. The van der Waals surface area contributed by atoms with Gasteiger partial charge in [0.25, 0.3) is 0 Å². The van der Waals surface area contributed by atoms with Gasteiger partial charge in [-0.1, -0.05) is 12.1 Å². The molecule has 5 heterocycles. The predicted molar refractivity (Wildman–Crippen MR) is 177 cm³/mol. The topological polar surface area (TPSA) is 94.8 Å². The minimum Gasteiger partial charge on any atom is -0.390 e. The number of aliphatic hydroxyl groups is 1. The third-order valence-corrected chi connectivity index (χ3v) is 11.8. The van der Waals surface area contributed by atoms with Crippen LogP contribution in [-0.2, 0) is 35.7 Å². The van der Waals surface area contributed by atoms with Crippen molar-refractivity contribution in [1.29, 1.82) is 0 Å². The second-order valence-electron chi connectivity index (χ2n) is 13.0. The van der Waals surface area contributed by atoms with Gasteiger partial charge in [0, 0.05) is 91.0 Å². The Kier molecular flexibility index (Phi) is 10.8. The summed E-state index contributed by atoms with van der Waals surface area (Å²) in [5, 5.41) is 16.0. The van der Waals surface area contributed by atoms with Crippen LogP contribution >= 0.6 is 11.8 Å². The molecule has 6 rings (SSSR count). The summed E-state index contributed by atoms with van der Waals surface area (Å²) in [7, 11) is -3.53. The van der Waals surface area contributed by atoms with Crippen molar-refractivity contribution >= 4 is 21.8 Å². The van der Waals surface area contributed by atoms with Crippen LogP contribution < -0.4 is 0 Å². The molecule has 2 fully saturated rings. The van der Waals surface area contributed by atoms with Crippen LogP contribution in [0.4, 0.5) is 17.6 Å². The number of rotatable bonds is 11. The Morgan fingerprint density at radius 2 is 1.81 bits per heavy atom. The van der Waals surface area contributed by atoms with Crippen LogP contribution in [0.15, 0.2) is 47.5 Å². The van der Waals surface area contributed by atoms with Crippen molar-refractivity contribution in [3.05, 3.63) is 65.1 Å². The number of likely N-dealkylation sites (tertiary alicyclic amines) is 2. The smallest absolute Gasteiger partial charge is 0.390 e. The molecule has 1 aromatic carbocycles. The van der Waals surface area contributed by atoms with Gasteiger partial charge in [-0.05, 0) is 56.6 Å². The van der Waals surface area contributed by atoms with Gasteiger partial charge in [-0.2, -0.15) is 22.6 Å². The number of aliphatic hydroxyl groups excluding tert-OH is 1. The standard InChI is InChI=1S/C33H42F4N6O3S2/c1-48(45,46)42-15-10-30-27(22-42)32(24-5-6-28(33(35,36)37)31(18-24)47-17-16-41-14-9-25(34)19-41)39-43(30)21-26(44)20-40-12-7-23(8-13-40)29-4-2-3-11-38-29/h2-6,11,18,23,25-26,44H,7-10,12-17,19-22H2,1H3/t25-,26-/m0/s1. The van der Waals surface area contributed by atoms with Crippen LogP contribution in [0.25, 0.3) is 11.3 Å². The van der Waals surface area contributed by atoms with Crippen molar-refractivity contribution in [2.24, 2.45) is 0 Å². The second kappa shape index (κ2) is 14.7. The van der Waals surface area contributed by atoms with E-state index < -0.39 is 34.0 Å². The van der Waals surface area contributed by atoms with Crippen molar-refractivity contribution in [3.8, 4) is 11.3 Å². The van der Waals surface area contributed by atoms with Gasteiger partial charge in [0.2, 0.25) is 10.0 Å². The predicted octanol–water partition coefficient (Wildman–Crippen LogP) is 4.66. The zero-order valence-electron chi connectivity index (χ0n) is 26.9. The zero-order valence-corrected chi connectivity index (χ0v) is 28.6. The largest absolute Gasteiger partial charge is 0.417 e. The third-order valence-electron chi connectivity index (χ3n) is 9.55. The Labute approximate surface area is 283 Å². The van der Waals surface area contributed by atoms with E-state index in [2.05, 4.69) is 9.88 Å². The summed E-state index contributed by atoms with van der Waals surface area (Å²) in [6.45, 7) is 3.90. The molecule has 0 saturated carbocycles. The number of pyridine rings is 1. The summed E-state index contributed by atoms with van der Waals surface area (Å²) in [5.41, 5.74) is 2.61. The van der Waals surface area contributed by atoms with E-state index in [0.717, 1.165) is 61.4 Å². The SMILES string of the molecule is CS(=O)(=O)N1CCc2c(c(-c3ccc(C(F)(F)F)c(SCCN4CC[C@H](F)C4)c3)nn2C[C@@H](O)CN2CCC(c3ccccn3)CC2)C1. The summed E-state index contributed by atoms with van der Waals surface area (Å²) in [6, 6.07) is 9.86. The maximum atomic E-state index is 14.1. The Morgan fingerprint density at radius 3 is 2.48 bits per heavy atom. The zero-order chi connectivity index (χ0) is 34.1. The molecular formula is C33H42F4N6O3S2. The molecule has 0 aliphatic carbocycles. The normalized spacial score (nSPS) is 21.1. The van der Waals surface area contributed by atoms with E-state index >= 15 is 0 Å². The number of aromatic nitrogens is 3. The first-order valence-corrected chi connectivity index (χ1v) is 19.2. The van der Waals surface area contributed by atoms with Crippen LogP contribution in [-0.4, -0.2) is 112 Å². The molecule has 262 valence electrons. The van der Waals surface area contributed by atoms with Gasteiger partial charge in [-0.15, -0.1) is 11.8 Å². The van der Waals surface area contributed by atoms with Gasteiger partial charge in [0.1, 0.15) is 6.17 Å². The maximum Gasteiger partial charge on any atom is 0.417 e. The Bertz CT molecular complexity index is 1670. The van der Waals surface area contributed by atoms with Crippen LogP contribution in [0.2, 0.25) is 0 Å². The summed E-state index contributed by atoms with van der Waals surface area (Å²) >= 11 is 1.07. The van der Waals surface area contributed by atoms with Crippen molar-refractivity contribution in [2.75, 3.05) is 57.8 Å². The first kappa shape index (κ1) is 35.3. The molecular weight excluding hydrogens is 669 g/mol. The van der Waals surface area contributed by atoms with Gasteiger partial charge < -0.3 is 10.0 Å². The number of benzene rings is 1. The molecule has 3 aliphatic rings. The van der Waals surface area contributed by atoms with E-state index in [1.54, 1.807) is 4.68 Å². The van der Waals surface area contributed by atoms with Crippen molar-refractivity contribution in [1.82, 2.24) is 28.9 Å².